The minimum Gasteiger partial charge on any atom is -0.280 e. The van der Waals surface area contributed by atoms with E-state index >= 15 is 0 Å². The van der Waals surface area contributed by atoms with Crippen molar-refractivity contribution in [2.45, 2.75) is 18.8 Å². The first-order valence-corrected chi connectivity index (χ1v) is 21.8. The highest BCUT2D eigenvalue weighted by Crippen LogP contribution is 2.61. The second-order valence-electron chi connectivity index (χ2n) is 16.3. The minimum atomic E-state index is -0.488. The first-order valence-electron chi connectivity index (χ1n) is 21.8. The molecule has 0 amide bonds. The molecule has 0 saturated carbocycles. The second kappa shape index (κ2) is 17.3. The van der Waals surface area contributed by atoms with Crippen LogP contribution in [-0.4, -0.2) is 22.2 Å². The van der Waals surface area contributed by atoms with Crippen LogP contribution in [0.15, 0.2) is 253 Å². The summed E-state index contributed by atoms with van der Waals surface area (Å²) in [5.74, 6) is 0.889. The zero-order chi connectivity index (χ0) is 42.6. The van der Waals surface area contributed by atoms with Crippen molar-refractivity contribution in [2.75, 3.05) is 6.54 Å². The number of hydrogen-bond acceptors (Lipinski definition) is 3. The van der Waals surface area contributed by atoms with Crippen molar-refractivity contribution < 1.29 is 0 Å². The molecule has 0 bridgehead atoms. The van der Waals surface area contributed by atoms with E-state index in [1.165, 1.54) is 44.5 Å². The maximum Gasteiger partial charge on any atom is 0.160 e. The van der Waals surface area contributed by atoms with Crippen molar-refractivity contribution in [3.8, 4) is 45.0 Å². The number of rotatable bonds is 10. The van der Waals surface area contributed by atoms with Crippen LogP contribution in [0.5, 0.6) is 0 Å². The average molecular weight is 810 g/mol. The van der Waals surface area contributed by atoms with Gasteiger partial charge >= 0.3 is 0 Å². The molecule has 10 rings (SSSR count). The Morgan fingerprint density at radius 2 is 1.21 bits per heavy atom. The Morgan fingerprint density at radius 1 is 0.635 bits per heavy atom. The van der Waals surface area contributed by atoms with E-state index < -0.39 is 5.41 Å². The molecule has 0 aliphatic heterocycles. The molecule has 1 unspecified atom stereocenters. The number of fused-ring (bicyclic) bond motifs is 5. The Hall–Kier alpha value is -7.75. The number of allylic oxidation sites excluding steroid dienone is 11. The van der Waals surface area contributed by atoms with E-state index in [4.69, 9.17) is 15.0 Å². The number of benzene rings is 6. The van der Waals surface area contributed by atoms with Crippen molar-refractivity contribution in [1.29, 1.82) is 0 Å². The van der Waals surface area contributed by atoms with Crippen molar-refractivity contribution in [1.82, 2.24) is 9.97 Å². The standard InChI is InChI=1S/C60H47N3/c1-3-4-8-30-52-42(2)39-55(60(52)53-31-17-15-28-50(53)51-29-16-18-32-54(51)60)58(48-25-13-7-14-26-48)61-41-43-20-19-27-44(34-33-43)45-35-37-49(38-36-45)59-62-56(46-21-9-5-10-22-46)40-57(63-59)47-23-11-6-12-24-47/h3-18,20-40,42H,1,19,41H2,2H3/b8-4-,52-30+,61-58-. The number of aromatic nitrogens is 2. The van der Waals surface area contributed by atoms with Gasteiger partial charge in [0.15, 0.2) is 5.82 Å². The van der Waals surface area contributed by atoms with Gasteiger partial charge in [-0.2, -0.15) is 0 Å². The minimum absolute atomic E-state index is 0.183. The quantitative estimate of drug-likeness (QED) is 0.102. The molecular weight excluding hydrogens is 763 g/mol. The highest BCUT2D eigenvalue weighted by atomic mass is 14.9. The molecule has 0 fully saturated rings. The molecule has 3 heteroatoms. The molecule has 1 atom stereocenters. The third kappa shape index (κ3) is 7.42. The Morgan fingerprint density at radius 3 is 1.83 bits per heavy atom. The van der Waals surface area contributed by atoms with Crippen LogP contribution >= 0.6 is 0 Å². The van der Waals surface area contributed by atoms with Crippen LogP contribution in [0.2, 0.25) is 0 Å². The largest absolute Gasteiger partial charge is 0.280 e. The molecule has 0 N–H and O–H groups in total. The normalized spacial score (nSPS) is 17.0. The van der Waals surface area contributed by atoms with Gasteiger partial charge in [-0.15, -0.1) is 0 Å². The van der Waals surface area contributed by atoms with Crippen LogP contribution in [0.3, 0.4) is 0 Å². The first-order chi connectivity index (χ1) is 31.1. The summed E-state index contributed by atoms with van der Waals surface area (Å²) in [7, 11) is 0. The highest BCUT2D eigenvalue weighted by Gasteiger charge is 2.53. The summed E-state index contributed by atoms with van der Waals surface area (Å²) >= 11 is 0. The van der Waals surface area contributed by atoms with Crippen molar-refractivity contribution in [2.24, 2.45) is 10.9 Å². The van der Waals surface area contributed by atoms with Gasteiger partial charge in [0.25, 0.3) is 0 Å². The molecule has 3 nitrogen and oxygen atoms in total. The molecule has 63 heavy (non-hydrogen) atoms. The fourth-order valence-electron chi connectivity index (χ4n) is 9.57. The van der Waals surface area contributed by atoms with Crippen LogP contribution in [0.4, 0.5) is 0 Å². The third-order valence-electron chi connectivity index (χ3n) is 12.5. The average Bonchev–Trinajstić information content (AvgIpc) is 3.67. The van der Waals surface area contributed by atoms with Gasteiger partial charge in [-0.05, 0) is 74.1 Å². The van der Waals surface area contributed by atoms with E-state index in [1.807, 2.05) is 48.6 Å². The lowest BCUT2D eigenvalue weighted by Gasteiger charge is -2.35. The molecule has 1 heterocycles. The summed E-state index contributed by atoms with van der Waals surface area (Å²) in [5, 5.41) is 0. The lowest BCUT2D eigenvalue weighted by atomic mass is 9.67. The van der Waals surface area contributed by atoms with E-state index in [2.05, 4.69) is 189 Å². The van der Waals surface area contributed by atoms with E-state index in [-0.39, 0.29) is 5.92 Å². The Labute approximate surface area is 371 Å². The fourth-order valence-corrected chi connectivity index (χ4v) is 9.57. The van der Waals surface area contributed by atoms with Gasteiger partial charge in [-0.25, -0.2) is 9.97 Å². The van der Waals surface area contributed by atoms with Gasteiger partial charge < -0.3 is 0 Å². The molecule has 0 saturated heterocycles. The Balaban J connectivity index is 0.969. The summed E-state index contributed by atoms with van der Waals surface area (Å²) in [5.41, 5.74) is 17.8. The maximum absolute atomic E-state index is 5.60. The summed E-state index contributed by atoms with van der Waals surface area (Å²) < 4.78 is 0. The van der Waals surface area contributed by atoms with Crippen LogP contribution in [0.1, 0.15) is 35.6 Å². The molecule has 0 radical (unpaired) electrons. The second-order valence-corrected chi connectivity index (χ2v) is 16.3. The lowest BCUT2D eigenvalue weighted by molar-refractivity contribution is 0.713. The summed E-state index contributed by atoms with van der Waals surface area (Å²) in [6, 6.07) is 60.0. The summed E-state index contributed by atoms with van der Waals surface area (Å²) in [6.45, 7) is 6.83. The van der Waals surface area contributed by atoms with E-state index in [9.17, 15) is 0 Å². The maximum atomic E-state index is 5.60. The van der Waals surface area contributed by atoms with Gasteiger partial charge in [0.1, 0.15) is 0 Å². The van der Waals surface area contributed by atoms with Gasteiger partial charge in [0.2, 0.25) is 0 Å². The summed E-state index contributed by atoms with van der Waals surface area (Å²) in [6.07, 6.45) is 20.7. The van der Waals surface area contributed by atoms with Crippen molar-refractivity contribution in [3.63, 3.8) is 0 Å². The molecule has 302 valence electrons. The summed E-state index contributed by atoms with van der Waals surface area (Å²) in [4.78, 5) is 15.7. The van der Waals surface area contributed by atoms with Gasteiger partial charge in [0.05, 0.1) is 29.1 Å². The number of nitrogens with zero attached hydrogens (tertiary/aromatic N) is 3. The topological polar surface area (TPSA) is 38.1 Å². The van der Waals surface area contributed by atoms with E-state index in [1.54, 1.807) is 0 Å². The van der Waals surface area contributed by atoms with E-state index in [0.29, 0.717) is 12.4 Å². The van der Waals surface area contributed by atoms with Crippen LogP contribution < -0.4 is 0 Å². The van der Waals surface area contributed by atoms with Crippen LogP contribution in [0, 0.1) is 5.92 Å². The molecule has 3 aliphatic carbocycles. The SMILES string of the molecule is C=C/C=C\C=C1/C(C)C=C(/C(=N\CC2=CCC=C(c3ccc(-c4nc(-c5ccccc5)cc(-c5ccccc5)n4)cc3)C=C2)c2ccccc2)C12c1ccccc1-c1ccccc12. The predicted octanol–water partition coefficient (Wildman–Crippen LogP) is 14.4. The van der Waals surface area contributed by atoms with Gasteiger partial charge in [-0.1, -0.05) is 232 Å². The van der Waals surface area contributed by atoms with E-state index in [0.717, 1.165) is 51.3 Å². The van der Waals surface area contributed by atoms with Crippen molar-refractivity contribution in [3.05, 3.63) is 270 Å². The van der Waals surface area contributed by atoms with Gasteiger partial charge in [-0.3, -0.25) is 4.99 Å². The Kier molecular flexibility index (Phi) is 10.8. The first kappa shape index (κ1) is 39.4. The number of aliphatic imine (C=N–C) groups is 1. The molecule has 1 aromatic heterocycles. The predicted molar refractivity (Wildman–Crippen MR) is 263 cm³/mol. The van der Waals surface area contributed by atoms with Crippen molar-refractivity contribution >= 4 is 11.3 Å². The molecular formula is C60H47N3. The smallest absolute Gasteiger partial charge is 0.160 e. The third-order valence-corrected chi connectivity index (χ3v) is 12.5. The van der Waals surface area contributed by atoms with Crippen LogP contribution in [-0.2, 0) is 5.41 Å². The molecule has 3 aliphatic rings. The zero-order valence-electron chi connectivity index (χ0n) is 35.4. The lowest BCUT2D eigenvalue weighted by Crippen LogP contribution is -2.32. The zero-order valence-corrected chi connectivity index (χ0v) is 35.4. The Bertz CT molecular complexity index is 2950. The van der Waals surface area contributed by atoms with Gasteiger partial charge in [0, 0.05) is 16.7 Å². The number of hydrogen-bond donors (Lipinski definition) is 0. The molecule has 7 aromatic rings. The van der Waals surface area contributed by atoms with Crippen LogP contribution in [0.25, 0.3) is 50.6 Å². The molecule has 6 aromatic carbocycles. The highest BCUT2D eigenvalue weighted by molar-refractivity contribution is 6.17. The monoisotopic (exact) mass is 809 g/mol. The fraction of sp³-hybridized carbons (Fsp3) is 0.0833. The molecule has 1 spiro atoms.